The molecule has 26 heavy (non-hydrogen) atoms. The zero-order valence-corrected chi connectivity index (χ0v) is 18.9. The van der Waals surface area contributed by atoms with Crippen LogP contribution < -0.4 is 10.6 Å². The number of rotatable bonds is 7. The van der Waals surface area contributed by atoms with Gasteiger partial charge in [-0.15, -0.1) is 34.2 Å². The van der Waals surface area contributed by atoms with Crippen molar-refractivity contribution in [2.24, 2.45) is 12.0 Å². The lowest BCUT2D eigenvalue weighted by atomic mass is 10.1. The molecule has 0 saturated heterocycles. The van der Waals surface area contributed by atoms with Crippen molar-refractivity contribution in [3.63, 3.8) is 0 Å². The topological polar surface area (TPSA) is 84.9 Å². The highest BCUT2D eigenvalue weighted by molar-refractivity contribution is 14.0. The monoisotopic (exact) mass is 474 g/mol. The van der Waals surface area contributed by atoms with Crippen molar-refractivity contribution >= 4 is 29.9 Å². The average Bonchev–Trinajstić information content (AvgIpc) is 3.12. The lowest BCUT2D eigenvalue weighted by Gasteiger charge is -2.18. The van der Waals surface area contributed by atoms with Gasteiger partial charge in [0.25, 0.3) is 0 Å². The van der Waals surface area contributed by atoms with Gasteiger partial charge in [0.1, 0.15) is 12.9 Å². The molecule has 2 aromatic rings. The highest BCUT2D eigenvalue weighted by Gasteiger charge is 2.14. The third-order valence-electron chi connectivity index (χ3n) is 4.31. The van der Waals surface area contributed by atoms with E-state index < -0.39 is 0 Å². The Labute approximate surface area is 172 Å². The summed E-state index contributed by atoms with van der Waals surface area (Å²) in [5.41, 5.74) is 3.60. The minimum absolute atomic E-state index is 0. The van der Waals surface area contributed by atoms with E-state index in [9.17, 15) is 0 Å². The van der Waals surface area contributed by atoms with Crippen LogP contribution in [0, 0.1) is 13.8 Å². The summed E-state index contributed by atoms with van der Waals surface area (Å²) in [5.74, 6) is 1.66. The van der Waals surface area contributed by atoms with Gasteiger partial charge in [-0.3, -0.25) is 4.68 Å². The number of hydrogen-bond donors (Lipinski definition) is 2. The van der Waals surface area contributed by atoms with E-state index >= 15 is 0 Å². The van der Waals surface area contributed by atoms with Gasteiger partial charge in [-0.25, -0.2) is 4.99 Å². The SMILES string of the molecule is CCNC(=NCc1nncn1CC)NC(C)Cc1c(C)nn(C)c1C.I. The average molecular weight is 474 g/mol. The van der Waals surface area contributed by atoms with Crippen LogP contribution in [0.2, 0.25) is 0 Å². The lowest BCUT2D eigenvalue weighted by molar-refractivity contribution is 0.632. The summed E-state index contributed by atoms with van der Waals surface area (Å²) in [4.78, 5) is 4.65. The zero-order chi connectivity index (χ0) is 18.4. The Hall–Kier alpha value is -1.65. The van der Waals surface area contributed by atoms with Crippen LogP contribution in [0.25, 0.3) is 0 Å². The zero-order valence-electron chi connectivity index (χ0n) is 16.6. The Morgan fingerprint density at radius 1 is 1.31 bits per heavy atom. The molecule has 0 aliphatic carbocycles. The molecule has 0 aromatic carbocycles. The molecule has 2 aromatic heterocycles. The molecule has 8 nitrogen and oxygen atoms in total. The van der Waals surface area contributed by atoms with Crippen LogP contribution in [0.15, 0.2) is 11.3 Å². The molecule has 0 aliphatic rings. The van der Waals surface area contributed by atoms with E-state index in [0.29, 0.717) is 6.54 Å². The summed E-state index contributed by atoms with van der Waals surface area (Å²) in [6, 6.07) is 0.239. The number of aliphatic imine (C=N–C) groups is 1. The molecular formula is C17H31IN8. The van der Waals surface area contributed by atoms with Crippen LogP contribution in [-0.2, 0) is 26.6 Å². The first-order chi connectivity index (χ1) is 12.0. The minimum Gasteiger partial charge on any atom is -0.357 e. The van der Waals surface area contributed by atoms with E-state index in [4.69, 9.17) is 0 Å². The molecule has 1 atom stereocenters. The molecule has 0 bridgehead atoms. The number of nitrogens with one attached hydrogen (secondary N) is 2. The number of hydrogen-bond acceptors (Lipinski definition) is 4. The molecule has 0 saturated carbocycles. The summed E-state index contributed by atoms with van der Waals surface area (Å²) >= 11 is 0. The molecule has 0 amide bonds. The molecular weight excluding hydrogens is 443 g/mol. The van der Waals surface area contributed by atoms with Gasteiger partial charge in [0.15, 0.2) is 11.8 Å². The molecule has 0 fully saturated rings. The Bertz CT molecular complexity index is 718. The Kier molecular flexibility index (Phi) is 9.03. The Morgan fingerprint density at radius 3 is 2.62 bits per heavy atom. The first-order valence-corrected chi connectivity index (χ1v) is 8.86. The quantitative estimate of drug-likeness (QED) is 0.364. The third kappa shape index (κ3) is 5.68. The largest absolute Gasteiger partial charge is 0.357 e. The molecule has 2 heterocycles. The van der Waals surface area contributed by atoms with Crippen LogP contribution in [0.5, 0.6) is 0 Å². The first-order valence-electron chi connectivity index (χ1n) is 8.86. The lowest BCUT2D eigenvalue weighted by Crippen LogP contribution is -2.43. The van der Waals surface area contributed by atoms with Crippen LogP contribution in [0.4, 0.5) is 0 Å². The first kappa shape index (κ1) is 22.4. The van der Waals surface area contributed by atoms with Crippen molar-refractivity contribution in [2.75, 3.05) is 6.54 Å². The summed E-state index contributed by atoms with van der Waals surface area (Å²) in [6.07, 6.45) is 2.64. The van der Waals surface area contributed by atoms with Gasteiger partial charge >= 0.3 is 0 Å². The maximum absolute atomic E-state index is 4.65. The molecule has 0 aliphatic heterocycles. The molecule has 2 N–H and O–H groups in total. The van der Waals surface area contributed by atoms with Crippen molar-refractivity contribution in [1.29, 1.82) is 0 Å². The van der Waals surface area contributed by atoms with E-state index in [1.165, 1.54) is 11.3 Å². The highest BCUT2D eigenvalue weighted by atomic mass is 127. The number of aromatic nitrogens is 5. The summed E-state index contributed by atoms with van der Waals surface area (Å²) < 4.78 is 3.94. The van der Waals surface area contributed by atoms with Crippen molar-refractivity contribution in [1.82, 2.24) is 35.2 Å². The van der Waals surface area contributed by atoms with Gasteiger partial charge in [0.05, 0.1) is 5.69 Å². The van der Waals surface area contributed by atoms with E-state index in [-0.39, 0.29) is 30.0 Å². The maximum Gasteiger partial charge on any atom is 0.191 e. The smallest absolute Gasteiger partial charge is 0.191 e. The Balaban J connectivity index is 0.00000338. The van der Waals surface area contributed by atoms with Gasteiger partial charge in [0, 0.05) is 31.9 Å². The molecule has 0 radical (unpaired) electrons. The predicted molar refractivity (Wildman–Crippen MR) is 115 cm³/mol. The van der Waals surface area contributed by atoms with Crippen molar-refractivity contribution < 1.29 is 0 Å². The van der Waals surface area contributed by atoms with Crippen LogP contribution >= 0.6 is 24.0 Å². The van der Waals surface area contributed by atoms with Crippen molar-refractivity contribution in [3.8, 4) is 0 Å². The number of nitrogens with zero attached hydrogens (tertiary/aromatic N) is 6. The maximum atomic E-state index is 4.65. The predicted octanol–water partition coefficient (Wildman–Crippen LogP) is 1.95. The Morgan fingerprint density at radius 2 is 2.04 bits per heavy atom. The molecule has 146 valence electrons. The van der Waals surface area contributed by atoms with Gasteiger partial charge < -0.3 is 15.2 Å². The van der Waals surface area contributed by atoms with Crippen LogP contribution in [0.3, 0.4) is 0 Å². The third-order valence-corrected chi connectivity index (χ3v) is 4.31. The van der Waals surface area contributed by atoms with Crippen molar-refractivity contribution in [2.45, 2.75) is 60.2 Å². The van der Waals surface area contributed by atoms with Crippen molar-refractivity contribution in [3.05, 3.63) is 29.1 Å². The minimum atomic E-state index is 0. The fourth-order valence-electron chi connectivity index (χ4n) is 2.84. The van der Waals surface area contributed by atoms with E-state index in [2.05, 4.69) is 65.5 Å². The summed E-state index contributed by atoms with van der Waals surface area (Å²) in [6.45, 7) is 12.6. The fraction of sp³-hybridized carbons (Fsp3) is 0.647. The normalized spacial score (nSPS) is 12.6. The van der Waals surface area contributed by atoms with Crippen LogP contribution in [-0.4, -0.2) is 43.1 Å². The standard InChI is InChI=1S/C17H30N8.HI/c1-7-18-17(19-10-16-22-20-11-25(16)8-2)21-12(3)9-15-13(4)23-24(6)14(15)5;/h11-12H,7-10H2,1-6H3,(H2,18,19,21);1H. The van der Waals surface area contributed by atoms with E-state index in [0.717, 1.165) is 37.0 Å². The second kappa shape index (κ2) is 10.5. The van der Waals surface area contributed by atoms with Gasteiger partial charge in [0.2, 0.25) is 0 Å². The van der Waals surface area contributed by atoms with E-state index in [1.54, 1.807) is 6.33 Å². The second-order valence-corrected chi connectivity index (χ2v) is 6.25. The van der Waals surface area contributed by atoms with Gasteiger partial charge in [-0.2, -0.15) is 5.10 Å². The summed E-state index contributed by atoms with van der Waals surface area (Å²) in [5, 5.41) is 19.3. The molecule has 9 heteroatoms. The molecule has 1 unspecified atom stereocenters. The molecule has 2 rings (SSSR count). The number of guanidine groups is 1. The number of aryl methyl sites for hydroxylation is 3. The molecule has 0 spiro atoms. The van der Waals surface area contributed by atoms with Gasteiger partial charge in [-0.05, 0) is 46.6 Å². The second-order valence-electron chi connectivity index (χ2n) is 6.25. The fourth-order valence-corrected chi connectivity index (χ4v) is 2.84. The number of halogens is 1. The van der Waals surface area contributed by atoms with Crippen LogP contribution in [0.1, 0.15) is 43.5 Å². The van der Waals surface area contributed by atoms with Gasteiger partial charge in [-0.1, -0.05) is 0 Å². The summed E-state index contributed by atoms with van der Waals surface area (Å²) in [7, 11) is 1.99. The van der Waals surface area contributed by atoms with E-state index in [1.807, 2.05) is 16.3 Å². The highest BCUT2D eigenvalue weighted by Crippen LogP contribution is 2.14.